The van der Waals surface area contributed by atoms with Crippen LogP contribution in [0.3, 0.4) is 0 Å². The zero-order valence-corrected chi connectivity index (χ0v) is 8.67. The second-order valence-corrected chi connectivity index (χ2v) is 3.85. The van der Waals surface area contributed by atoms with E-state index < -0.39 is 0 Å². The van der Waals surface area contributed by atoms with Gasteiger partial charge in [0.15, 0.2) is 0 Å². The molecule has 0 aliphatic carbocycles. The van der Waals surface area contributed by atoms with Crippen LogP contribution < -0.4 is 16.2 Å². The Labute approximate surface area is 84.9 Å². The van der Waals surface area contributed by atoms with Gasteiger partial charge >= 0.3 is 0 Å². The molecule has 1 aliphatic rings. The monoisotopic (exact) mass is 191 g/mol. The van der Waals surface area contributed by atoms with Gasteiger partial charge in [-0.2, -0.15) is 0 Å². The maximum Gasteiger partial charge on any atom is 0.0477 e. The number of rotatable bonds is 2. The van der Waals surface area contributed by atoms with Crippen LogP contribution in [0, 0.1) is 0 Å². The van der Waals surface area contributed by atoms with Crippen LogP contribution in [0.25, 0.3) is 0 Å². The highest BCUT2D eigenvalue weighted by Gasteiger charge is 2.20. The van der Waals surface area contributed by atoms with Crippen LogP contribution in [0.4, 0.5) is 5.69 Å². The van der Waals surface area contributed by atoms with Crippen molar-refractivity contribution in [1.29, 1.82) is 0 Å². The maximum atomic E-state index is 3.29. The van der Waals surface area contributed by atoms with Crippen LogP contribution in [0.1, 0.15) is 24.9 Å². The van der Waals surface area contributed by atoms with Gasteiger partial charge in [0.05, 0.1) is 0 Å². The number of hydrogen-bond donors (Lipinski definition) is 3. The van der Waals surface area contributed by atoms with Crippen molar-refractivity contribution in [3.8, 4) is 0 Å². The minimum Gasteiger partial charge on any atom is -0.388 e. The summed E-state index contributed by atoms with van der Waals surface area (Å²) in [6.07, 6.45) is 1.15. The molecule has 0 bridgehead atoms. The third kappa shape index (κ3) is 1.89. The fourth-order valence-corrected chi connectivity index (χ4v) is 1.82. The third-order valence-electron chi connectivity index (χ3n) is 2.69. The van der Waals surface area contributed by atoms with Gasteiger partial charge in [0.1, 0.15) is 0 Å². The van der Waals surface area contributed by atoms with Crippen LogP contribution in [0.15, 0.2) is 24.3 Å². The molecule has 0 saturated carbocycles. The van der Waals surface area contributed by atoms with Gasteiger partial charge in [0.2, 0.25) is 0 Å². The Morgan fingerprint density at radius 2 is 1.93 bits per heavy atom. The van der Waals surface area contributed by atoms with E-state index >= 15 is 0 Å². The highest BCUT2D eigenvalue weighted by molar-refractivity contribution is 5.44. The van der Waals surface area contributed by atoms with Crippen molar-refractivity contribution >= 4 is 5.69 Å². The van der Waals surface area contributed by atoms with E-state index in [1.54, 1.807) is 0 Å². The minimum absolute atomic E-state index is 0.455. The topological polar surface area (TPSA) is 36.1 Å². The fourth-order valence-electron chi connectivity index (χ4n) is 1.82. The van der Waals surface area contributed by atoms with E-state index in [1.165, 1.54) is 5.56 Å². The molecular weight excluding hydrogens is 174 g/mol. The quantitative estimate of drug-likeness (QED) is 0.665. The average molecular weight is 191 g/mol. The average Bonchev–Trinajstić information content (AvgIpc) is 2.65. The lowest BCUT2D eigenvalue weighted by Gasteiger charge is -2.10. The SMILES string of the molecule is CNc1ccc(C2CC(C)NN2)cc1. The largest absolute Gasteiger partial charge is 0.388 e. The first kappa shape index (κ1) is 9.49. The summed E-state index contributed by atoms with van der Waals surface area (Å²) in [5.41, 5.74) is 9.03. The second-order valence-electron chi connectivity index (χ2n) is 3.85. The third-order valence-corrected chi connectivity index (χ3v) is 2.69. The Hall–Kier alpha value is -1.06. The van der Waals surface area contributed by atoms with Crippen LogP contribution in [0.2, 0.25) is 0 Å². The first-order valence-electron chi connectivity index (χ1n) is 5.08. The summed E-state index contributed by atoms with van der Waals surface area (Å²) < 4.78 is 0. The molecule has 0 spiro atoms. The molecule has 1 saturated heterocycles. The van der Waals surface area contributed by atoms with Gasteiger partial charge in [0, 0.05) is 24.8 Å². The summed E-state index contributed by atoms with van der Waals surface area (Å²) in [5, 5.41) is 3.12. The van der Waals surface area contributed by atoms with Crippen LogP contribution in [-0.4, -0.2) is 13.1 Å². The molecule has 3 nitrogen and oxygen atoms in total. The molecule has 76 valence electrons. The van der Waals surface area contributed by atoms with E-state index in [-0.39, 0.29) is 0 Å². The van der Waals surface area contributed by atoms with Gasteiger partial charge in [-0.25, -0.2) is 0 Å². The Kier molecular flexibility index (Phi) is 2.70. The number of nitrogens with one attached hydrogen (secondary N) is 3. The molecule has 14 heavy (non-hydrogen) atoms. The molecule has 0 amide bonds. The Morgan fingerprint density at radius 3 is 2.43 bits per heavy atom. The van der Waals surface area contributed by atoms with Gasteiger partial charge in [-0.15, -0.1) is 0 Å². The second kappa shape index (κ2) is 3.98. The van der Waals surface area contributed by atoms with Crippen molar-refractivity contribution in [2.75, 3.05) is 12.4 Å². The number of hydrazine groups is 1. The molecule has 1 heterocycles. The summed E-state index contributed by atoms with van der Waals surface area (Å²) in [7, 11) is 1.94. The Morgan fingerprint density at radius 1 is 1.21 bits per heavy atom. The molecule has 1 fully saturated rings. The Bertz CT molecular complexity index is 294. The number of anilines is 1. The highest BCUT2D eigenvalue weighted by atomic mass is 15.4. The van der Waals surface area contributed by atoms with E-state index in [2.05, 4.69) is 47.4 Å². The lowest BCUT2D eigenvalue weighted by atomic mass is 10.0. The number of hydrogen-bond acceptors (Lipinski definition) is 3. The molecule has 3 N–H and O–H groups in total. The molecule has 2 rings (SSSR count). The van der Waals surface area contributed by atoms with E-state index in [9.17, 15) is 0 Å². The van der Waals surface area contributed by atoms with E-state index in [4.69, 9.17) is 0 Å². The molecule has 2 unspecified atom stereocenters. The van der Waals surface area contributed by atoms with Crippen molar-refractivity contribution in [3.05, 3.63) is 29.8 Å². The predicted octanol–water partition coefficient (Wildman–Crippen LogP) is 1.66. The number of benzene rings is 1. The van der Waals surface area contributed by atoms with Gasteiger partial charge in [-0.1, -0.05) is 12.1 Å². The van der Waals surface area contributed by atoms with Crippen molar-refractivity contribution < 1.29 is 0 Å². The summed E-state index contributed by atoms with van der Waals surface area (Å²) >= 11 is 0. The lowest BCUT2D eigenvalue weighted by molar-refractivity contribution is 0.560. The highest BCUT2D eigenvalue weighted by Crippen LogP contribution is 2.22. The molecular formula is C11H17N3. The van der Waals surface area contributed by atoms with Crippen LogP contribution in [0.5, 0.6) is 0 Å². The summed E-state index contributed by atoms with van der Waals surface area (Å²) in [4.78, 5) is 0. The standard InChI is InChI=1S/C11H17N3/c1-8-7-11(14-13-8)9-3-5-10(12-2)6-4-9/h3-6,8,11-14H,7H2,1-2H3. The molecule has 0 radical (unpaired) electrons. The fraction of sp³-hybridized carbons (Fsp3) is 0.455. The normalized spacial score (nSPS) is 26.4. The molecule has 3 heteroatoms. The summed E-state index contributed by atoms with van der Waals surface area (Å²) in [6, 6.07) is 9.58. The van der Waals surface area contributed by atoms with E-state index in [0.29, 0.717) is 12.1 Å². The molecule has 2 atom stereocenters. The maximum absolute atomic E-state index is 3.29. The van der Waals surface area contributed by atoms with Crippen LogP contribution in [-0.2, 0) is 0 Å². The van der Waals surface area contributed by atoms with Gasteiger partial charge in [0.25, 0.3) is 0 Å². The van der Waals surface area contributed by atoms with Crippen molar-refractivity contribution in [3.63, 3.8) is 0 Å². The molecule has 1 aromatic rings. The Balaban J connectivity index is 2.09. The lowest BCUT2D eigenvalue weighted by Crippen LogP contribution is -2.28. The smallest absolute Gasteiger partial charge is 0.0477 e. The van der Waals surface area contributed by atoms with Crippen LogP contribution >= 0.6 is 0 Å². The van der Waals surface area contributed by atoms with Gasteiger partial charge in [-0.3, -0.25) is 10.9 Å². The van der Waals surface area contributed by atoms with E-state index in [1.807, 2.05) is 7.05 Å². The zero-order chi connectivity index (χ0) is 9.97. The van der Waals surface area contributed by atoms with Gasteiger partial charge in [-0.05, 0) is 31.0 Å². The first-order chi connectivity index (χ1) is 6.79. The zero-order valence-electron chi connectivity index (χ0n) is 8.67. The van der Waals surface area contributed by atoms with Crippen molar-refractivity contribution in [2.45, 2.75) is 25.4 Å². The van der Waals surface area contributed by atoms with Gasteiger partial charge < -0.3 is 5.32 Å². The predicted molar refractivity (Wildman–Crippen MR) is 59.1 cm³/mol. The summed E-state index contributed by atoms with van der Waals surface area (Å²) in [5.74, 6) is 0. The molecule has 1 aliphatic heterocycles. The molecule has 0 aromatic heterocycles. The van der Waals surface area contributed by atoms with E-state index in [0.717, 1.165) is 12.1 Å². The first-order valence-corrected chi connectivity index (χ1v) is 5.08. The minimum atomic E-state index is 0.455. The summed E-state index contributed by atoms with van der Waals surface area (Å²) in [6.45, 7) is 2.19. The van der Waals surface area contributed by atoms with Crippen molar-refractivity contribution in [2.24, 2.45) is 0 Å². The van der Waals surface area contributed by atoms with Crippen molar-refractivity contribution in [1.82, 2.24) is 10.9 Å². The molecule has 1 aromatic carbocycles.